The summed E-state index contributed by atoms with van der Waals surface area (Å²) in [7, 11) is 0. The number of carboxylic acid groups (broad SMARTS) is 2. The van der Waals surface area contributed by atoms with Crippen LogP contribution in [0, 0.1) is 0 Å². The van der Waals surface area contributed by atoms with Crippen LogP contribution in [-0.2, 0) is 11.2 Å². The molecular formula is C18H28O4S. The van der Waals surface area contributed by atoms with Gasteiger partial charge in [0.15, 0.2) is 0 Å². The fraction of sp³-hybridized carbons (Fsp3) is 0.667. The number of carboxylic acids is 2. The zero-order valence-corrected chi connectivity index (χ0v) is 14.6. The normalized spacial score (nSPS) is 10.8. The Balaban J connectivity index is 1.86. The number of aryl methyl sites for hydroxylation is 1. The van der Waals surface area contributed by atoms with E-state index in [0.29, 0.717) is 11.3 Å². The first-order chi connectivity index (χ1) is 11.1. The highest BCUT2D eigenvalue weighted by atomic mass is 32.1. The minimum Gasteiger partial charge on any atom is -0.481 e. The molecule has 23 heavy (non-hydrogen) atoms. The van der Waals surface area contributed by atoms with Crippen molar-refractivity contribution < 1.29 is 19.8 Å². The smallest absolute Gasteiger partial charge is 0.345 e. The summed E-state index contributed by atoms with van der Waals surface area (Å²) in [6.07, 6.45) is 12.9. The van der Waals surface area contributed by atoms with Crippen LogP contribution in [0.5, 0.6) is 0 Å². The van der Waals surface area contributed by atoms with Crippen molar-refractivity contribution >= 4 is 23.3 Å². The Labute approximate surface area is 142 Å². The molecule has 130 valence electrons. The van der Waals surface area contributed by atoms with E-state index in [1.54, 1.807) is 6.07 Å². The van der Waals surface area contributed by atoms with Gasteiger partial charge in [-0.1, -0.05) is 51.4 Å². The van der Waals surface area contributed by atoms with Crippen LogP contribution in [0.4, 0.5) is 0 Å². The number of carbonyl (C=O) groups is 2. The van der Waals surface area contributed by atoms with Crippen molar-refractivity contribution in [2.24, 2.45) is 0 Å². The number of hydrogen-bond acceptors (Lipinski definition) is 3. The second-order valence-electron chi connectivity index (χ2n) is 6.00. The standard InChI is InChI=1S/C18H28O4S/c19-17(20)12-10-8-6-4-2-1-3-5-7-9-11-15-13-14-16(23-15)18(21)22/h13-14H,1-12H2,(H,19,20)(H,21,22). The zero-order chi connectivity index (χ0) is 16.9. The Morgan fingerprint density at radius 1 is 0.783 bits per heavy atom. The molecule has 0 aromatic carbocycles. The third-order valence-electron chi connectivity index (χ3n) is 3.94. The molecule has 4 nitrogen and oxygen atoms in total. The molecule has 5 heteroatoms. The minimum absolute atomic E-state index is 0.304. The Bertz CT molecular complexity index is 467. The van der Waals surface area contributed by atoms with Gasteiger partial charge in [-0.3, -0.25) is 4.79 Å². The number of unbranched alkanes of at least 4 members (excludes halogenated alkanes) is 9. The highest BCUT2D eigenvalue weighted by molar-refractivity contribution is 7.13. The number of aromatic carboxylic acids is 1. The molecule has 1 rings (SSSR count). The molecule has 2 N–H and O–H groups in total. The largest absolute Gasteiger partial charge is 0.481 e. The number of aliphatic carboxylic acids is 1. The molecule has 0 amide bonds. The van der Waals surface area contributed by atoms with Crippen LogP contribution < -0.4 is 0 Å². The fourth-order valence-corrected chi connectivity index (χ4v) is 3.51. The summed E-state index contributed by atoms with van der Waals surface area (Å²) in [5.41, 5.74) is 0. The van der Waals surface area contributed by atoms with E-state index in [2.05, 4.69) is 0 Å². The van der Waals surface area contributed by atoms with Crippen molar-refractivity contribution in [3.63, 3.8) is 0 Å². The van der Waals surface area contributed by atoms with E-state index in [1.807, 2.05) is 6.07 Å². The molecule has 1 aromatic heterocycles. The average molecular weight is 340 g/mol. The molecule has 0 aliphatic heterocycles. The fourth-order valence-electron chi connectivity index (χ4n) is 2.62. The second kappa shape index (κ2) is 12.1. The maximum Gasteiger partial charge on any atom is 0.345 e. The van der Waals surface area contributed by atoms with Gasteiger partial charge in [-0.2, -0.15) is 0 Å². The van der Waals surface area contributed by atoms with Gasteiger partial charge in [0, 0.05) is 11.3 Å². The van der Waals surface area contributed by atoms with Crippen molar-refractivity contribution in [3.8, 4) is 0 Å². The van der Waals surface area contributed by atoms with Crippen LogP contribution in [0.25, 0.3) is 0 Å². The van der Waals surface area contributed by atoms with Crippen molar-refractivity contribution in [1.29, 1.82) is 0 Å². The third kappa shape index (κ3) is 10.1. The van der Waals surface area contributed by atoms with Crippen molar-refractivity contribution in [1.82, 2.24) is 0 Å². The van der Waals surface area contributed by atoms with Crippen molar-refractivity contribution in [2.75, 3.05) is 0 Å². The first kappa shape index (κ1) is 19.7. The first-order valence-electron chi connectivity index (χ1n) is 8.63. The van der Waals surface area contributed by atoms with Gasteiger partial charge in [0.1, 0.15) is 4.88 Å². The Kier molecular flexibility index (Phi) is 10.4. The third-order valence-corrected chi connectivity index (χ3v) is 5.07. The Morgan fingerprint density at radius 3 is 1.78 bits per heavy atom. The molecule has 0 fully saturated rings. The van der Waals surface area contributed by atoms with E-state index in [9.17, 15) is 9.59 Å². The van der Waals surface area contributed by atoms with E-state index < -0.39 is 11.9 Å². The highest BCUT2D eigenvalue weighted by Gasteiger charge is 2.06. The van der Waals surface area contributed by atoms with Gasteiger partial charge in [-0.25, -0.2) is 4.79 Å². The van der Waals surface area contributed by atoms with Crippen LogP contribution in [0.2, 0.25) is 0 Å². The molecule has 0 saturated carbocycles. The van der Waals surface area contributed by atoms with Crippen molar-refractivity contribution in [2.45, 2.75) is 77.0 Å². The molecule has 0 spiro atoms. The monoisotopic (exact) mass is 340 g/mol. The van der Waals surface area contributed by atoms with Crippen LogP contribution in [-0.4, -0.2) is 22.2 Å². The molecule has 0 aliphatic carbocycles. The second-order valence-corrected chi connectivity index (χ2v) is 7.17. The number of rotatable bonds is 14. The summed E-state index contributed by atoms with van der Waals surface area (Å²) >= 11 is 1.39. The van der Waals surface area contributed by atoms with Crippen LogP contribution in [0.1, 0.15) is 85.2 Å². The lowest BCUT2D eigenvalue weighted by atomic mass is 10.0. The van der Waals surface area contributed by atoms with E-state index in [0.717, 1.165) is 32.1 Å². The molecule has 0 saturated heterocycles. The SMILES string of the molecule is O=C(O)CCCCCCCCCCCCc1ccc(C(=O)O)s1. The van der Waals surface area contributed by atoms with E-state index >= 15 is 0 Å². The van der Waals surface area contributed by atoms with Gasteiger partial charge in [0.2, 0.25) is 0 Å². The highest BCUT2D eigenvalue weighted by Crippen LogP contribution is 2.19. The summed E-state index contributed by atoms with van der Waals surface area (Å²) < 4.78 is 0. The molecule has 0 unspecified atom stereocenters. The maximum absolute atomic E-state index is 10.8. The summed E-state index contributed by atoms with van der Waals surface area (Å²) in [6, 6.07) is 3.62. The molecule has 0 radical (unpaired) electrons. The van der Waals surface area contributed by atoms with E-state index in [4.69, 9.17) is 10.2 Å². The predicted molar refractivity (Wildman–Crippen MR) is 93.4 cm³/mol. The predicted octanol–water partition coefficient (Wildman–Crippen LogP) is 5.36. The van der Waals surface area contributed by atoms with Crippen molar-refractivity contribution in [3.05, 3.63) is 21.9 Å². The average Bonchev–Trinajstić information content (AvgIpc) is 2.97. The summed E-state index contributed by atoms with van der Waals surface area (Å²) in [5, 5.41) is 17.4. The zero-order valence-electron chi connectivity index (χ0n) is 13.8. The van der Waals surface area contributed by atoms with Gasteiger partial charge in [-0.15, -0.1) is 11.3 Å². The maximum atomic E-state index is 10.8. The Morgan fingerprint density at radius 2 is 1.30 bits per heavy atom. The molecule has 0 aliphatic rings. The molecular weight excluding hydrogens is 312 g/mol. The van der Waals surface area contributed by atoms with Gasteiger partial charge in [0.25, 0.3) is 0 Å². The quantitative estimate of drug-likeness (QED) is 0.447. The number of thiophene rings is 1. The molecule has 1 aromatic rings. The lowest BCUT2D eigenvalue weighted by molar-refractivity contribution is -0.137. The first-order valence-corrected chi connectivity index (χ1v) is 9.45. The minimum atomic E-state index is -0.829. The van der Waals surface area contributed by atoms with Gasteiger partial charge < -0.3 is 10.2 Å². The van der Waals surface area contributed by atoms with Gasteiger partial charge in [-0.05, 0) is 31.4 Å². The topological polar surface area (TPSA) is 74.6 Å². The van der Waals surface area contributed by atoms with Crippen LogP contribution in [0.3, 0.4) is 0 Å². The summed E-state index contributed by atoms with van der Waals surface area (Å²) in [5.74, 6) is -1.52. The molecule has 0 bridgehead atoms. The van der Waals surface area contributed by atoms with E-state index in [1.165, 1.54) is 54.7 Å². The van der Waals surface area contributed by atoms with Crippen LogP contribution >= 0.6 is 11.3 Å². The van der Waals surface area contributed by atoms with Gasteiger partial charge in [0.05, 0.1) is 0 Å². The molecule has 0 atom stereocenters. The summed E-state index contributed by atoms with van der Waals surface area (Å²) in [4.78, 5) is 22.7. The van der Waals surface area contributed by atoms with Crippen LogP contribution in [0.15, 0.2) is 12.1 Å². The van der Waals surface area contributed by atoms with Gasteiger partial charge >= 0.3 is 11.9 Å². The summed E-state index contributed by atoms with van der Waals surface area (Å²) in [6.45, 7) is 0. The van der Waals surface area contributed by atoms with E-state index in [-0.39, 0.29) is 0 Å². The lowest BCUT2D eigenvalue weighted by Crippen LogP contribution is -1.93. The molecule has 1 heterocycles. The number of hydrogen-bond donors (Lipinski definition) is 2. The Hall–Kier alpha value is -1.36. The lowest BCUT2D eigenvalue weighted by Gasteiger charge is -2.02.